The highest BCUT2D eigenvalue weighted by Crippen LogP contribution is 2.23. The Morgan fingerprint density at radius 1 is 1.14 bits per heavy atom. The maximum absolute atomic E-state index is 13.3. The molecule has 70 valence electrons. The fourth-order valence-corrected chi connectivity index (χ4v) is 1.20. The molecule has 1 aromatic carbocycles. The van der Waals surface area contributed by atoms with Crippen molar-refractivity contribution < 1.29 is 4.39 Å². The summed E-state index contributed by atoms with van der Waals surface area (Å²) in [5.74, 6) is -0.325. The Hall–Kier alpha value is -1.97. The first-order valence-corrected chi connectivity index (χ1v) is 4.08. The van der Waals surface area contributed by atoms with Crippen LogP contribution in [-0.4, -0.2) is 9.97 Å². The molecule has 0 spiro atoms. The zero-order valence-electron chi connectivity index (χ0n) is 7.31. The molecule has 1 aromatic heterocycles. The van der Waals surface area contributed by atoms with Gasteiger partial charge in [-0.3, -0.25) is 0 Å². The second kappa shape index (κ2) is 3.41. The summed E-state index contributed by atoms with van der Waals surface area (Å²) in [5.41, 5.74) is 7.12. The van der Waals surface area contributed by atoms with E-state index in [1.165, 1.54) is 18.5 Å². The molecule has 0 unspecified atom stereocenters. The van der Waals surface area contributed by atoms with Crippen LogP contribution in [0.3, 0.4) is 0 Å². The summed E-state index contributed by atoms with van der Waals surface area (Å²) in [5, 5.41) is 0. The molecule has 0 fully saturated rings. The van der Waals surface area contributed by atoms with Gasteiger partial charge in [0.2, 0.25) is 0 Å². The minimum absolute atomic E-state index is 0.325. The van der Waals surface area contributed by atoms with Crippen LogP contribution in [0.2, 0.25) is 0 Å². The van der Waals surface area contributed by atoms with Crippen LogP contribution >= 0.6 is 0 Å². The summed E-state index contributed by atoms with van der Waals surface area (Å²) in [7, 11) is 0. The van der Waals surface area contributed by atoms with Crippen LogP contribution < -0.4 is 5.73 Å². The molecule has 0 aliphatic carbocycles. The number of rotatable bonds is 1. The third kappa shape index (κ3) is 1.54. The maximum Gasteiger partial charge on any atom is 0.131 e. The van der Waals surface area contributed by atoms with Gasteiger partial charge in [-0.15, -0.1) is 0 Å². The van der Waals surface area contributed by atoms with Crippen LogP contribution in [0.25, 0.3) is 11.1 Å². The van der Waals surface area contributed by atoms with E-state index >= 15 is 0 Å². The summed E-state index contributed by atoms with van der Waals surface area (Å²) < 4.78 is 13.3. The molecule has 0 aliphatic rings. The van der Waals surface area contributed by atoms with Crippen molar-refractivity contribution in [1.29, 1.82) is 0 Å². The molecule has 0 saturated heterocycles. The largest absolute Gasteiger partial charge is 0.399 e. The van der Waals surface area contributed by atoms with Crippen molar-refractivity contribution in [2.24, 2.45) is 0 Å². The zero-order chi connectivity index (χ0) is 9.97. The van der Waals surface area contributed by atoms with Crippen LogP contribution in [0.4, 0.5) is 10.1 Å². The monoisotopic (exact) mass is 189 g/mol. The zero-order valence-corrected chi connectivity index (χ0v) is 7.31. The van der Waals surface area contributed by atoms with E-state index in [4.69, 9.17) is 5.73 Å². The quantitative estimate of drug-likeness (QED) is 0.696. The molecule has 0 atom stereocenters. The average molecular weight is 189 g/mol. The predicted octanol–water partition coefficient (Wildman–Crippen LogP) is 1.86. The number of hydrogen-bond acceptors (Lipinski definition) is 3. The lowest BCUT2D eigenvalue weighted by Crippen LogP contribution is -1.90. The van der Waals surface area contributed by atoms with Gasteiger partial charge in [0.25, 0.3) is 0 Å². The van der Waals surface area contributed by atoms with Gasteiger partial charge in [0.1, 0.15) is 12.1 Å². The first kappa shape index (κ1) is 8.62. The highest BCUT2D eigenvalue weighted by molar-refractivity contribution is 5.66. The van der Waals surface area contributed by atoms with E-state index < -0.39 is 0 Å². The summed E-state index contributed by atoms with van der Waals surface area (Å²) in [4.78, 5) is 7.63. The van der Waals surface area contributed by atoms with Crippen LogP contribution in [0.5, 0.6) is 0 Å². The first-order chi connectivity index (χ1) is 6.77. The van der Waals surface area contributed by atoms with Gasteiger partial charge in [-0.25, -0.2) is 14.4 Å². The summed E-state index contributed by atoms with van der Waals surface area (Å²) in [6.45, 7) is 0. The number of benzene rings is 1. The van der Waals surface area contributed by atoms with E-state index in [0.717, 1.165) is 0 Å². The van der Waals surface area contributed by atoms with E-state index in [9.17, 15) is 4.39 Å². The normalized spacial score (nSPS) is 10.1. The molecule has 0 aliphatic heterocycles. The van der Waals surface area contributed by atoms with Crippen LogP contribution in [0.1, 0.15) is 0 Å². The number of anilines is 1. The molecular weight excluding hydrogens is 181 g/mol. The molecule has 0 amide bonds. The lowest BCUT2D eigenvalue weighted by atomic mass is 10.1. The molecule has 3 nitrogen and oxygen atoms in total. The molecule has 0 saturated carbocycles. The van der Waals surface area contributed by atoms with Gasteiger partial charge in [-0.05, 0) is 18.2 Å². The summed E-state index contributed by atoms with van der Waals surface area (Å²) >= 11 is 0. The number of nitrogen functional groups attached to an aromatic ring is 1. The van der Waals surface area contributed by atoms with Gasteiger partial charge in [0.15, 0.2) is 0 Å². The van der Waals surface area contributed by atoms with E-state index in [1.807, 2.05) is 0 Å². The second-order valence-electron chi connectivity index (χ2n) is 2.87. The number of nitrogens with zero attached hydrogens (tertiary/aromatic N) is 2. The van der Waals surface area contributed by atoms with E-state index in [2.05, 4.69) is 9.97 Å². The Kier molecular flexibility index (Phi) is 2.10. The van der Waals surface area contributed by atoms with Gasteiger partial charge >= 0.3 is 0 Å². The van der Waals surface area contributed by atoms with Crippen LogP contribution in [-0.2, 0) is 0 Å². The number of hydrogen-bond donors (Lipinski definition) is 1. The minimum Gasteiger partial charge on any atom is -0.399 e. The molecule has 2 aromatic rings. The molecule has 2 rings (SSSR count). The maximum atomic E-state index is 13.3. The molecule has 4 heteroatoms. The molecule has 0 radical (unpaired) electrons. The predicted molar refractivity (Wildman–Crippen MR) is 51.8 cm³/mol. The molecule has 1 heterocycles. The van der Waals surface area contributed by atoms with Crippen LogP contribution in [0, 0.1) is 5.82 Å². The highest BCUT2D eigenvalue weighted by atomic mass is 19.1. The van der Waals surface area contributed by atoms with Crippen LogP contribution in [0.15, 0.2) is 36.9 Å². The summed E-state index contributed by atoms with van der Waals surface area (Å²) in [6, 6.07) is 4.41. The fraction of sp³-hybridized carbons (Fsp3) is 0. The lowest BCUT2D eigenvalue weighted by Gasteiger charge is -2.02. The van der Waals surface area contributed by atoms with E-state index in [0.29, 0.717) is 16.8 Å². The van der Waals surface area contributed by atoms with Crippen molar-refractivity contribution in [3.63, 3.8) is 0 Å². The van der Waals surface area contributed by atoms with Gasteiger partial charge in [-0.1, -0.05) is 0 Å². The van der Waals surface area contributed by atoms with Gasteiger partial charge in [0, 0.05) is 29.2 Å². The Balaban J connectivity index is 2.57. The van der Waals surface area contributed by atoms with Crippen molar-refractivity contribution in [3.8, 4) is 11.1 Å². The third-order valence-corrected chi connectivity index (χ3v) is 1.86. The van der Waals surface area contributed by atoms with E-state index in [1.54, 1.807) is 18.5 Å². The minimum atomic E-state index is -0.325. The Morgan fingerprint density at radius 2 is 1.86 bits per heavy atom. The number of nitrogens with two attached hydrogens (primary N) is 1. The fourth-order valence-electron chi connectivity index (χ4n) is 1.20. The Morgan fingerprint density at radius 3 is 2.57 bits per heavy atom. The van der Waals surface area contributed by atoms with E-state index in [-0.39, 0.29) is 5.82 Å². The standard InChI is InChI=1S/C10H8FN3/c11-10-2-1-8(12)3-9(10)7-4-13-6-14-5-7/h1-6H,12H2. The van der Waals surface area contributed by atoms with Gasteiger partial charge in [0.05, 0.1) is 0 Å². The summed E-state index contributed by atoms with van der Waals surface area (Å²) in [6.07, 6.45) is 4.49. The number of halogens is 1. The molecular formula is C10H8FN3. The smallest absolute Gasteiger partial charge is 0.131 e. The Labute approximate surface area is 80.4 Å². The van der Waals surface area contributed by atoms with Crippen molar-refractivity contribution >= 4 is 5.69 Å². The highest BCUT2D eigenvalue weighted by Gasteiger charge is 2.05. The van der Waals surface area contributed by atoms with Gasteiger partial charge in [-0.2, -0.15) is 0 Å². The van der Waals surface area contributed by atoms with Gasteiger partial charge < -0.3 is 5.73 Å². The van der Waals surface area contributed by atoms with Crippen molar-refractivity contribution in [2.45, 2.75) is 0 Å². The SMILES string of the molecule is Nc1ccc(F)c(-c2cncnc2)c1. The molecule has 14 heavy (non-hydrogen) atoms. The van der Waals surface area contributed by atoms with Crippen molar-refractivity contribution in [1.82, 2.24) is 9.97 Å². The third-order valence-electron chi connectivity index (χ3n) is 1.86. The topological polar surface area (TPSA) is 51.8 Å². The van der Waals surface area contributed by atoms with Crippen molar-refractivity contribution in [2.75, 3.05) is 5.73 Å². The van der Waals surface area contributed by atoms with Crippen molar-refractivity contribution in [3.05, 3.63) is 42.7 Å². The molecule has 2 N–H and O–H groups in total. The average Bonchev–Trinajstić information content (AvgIpc) is 2.23. The molecule has 0 bridgehead atoms. The lowest BCUT2D eigenvalue weighted by molar-refractivity contribution is 0.631. The second-order valence-corrected chi connectivity index (χ2v) is 2.87. The number of aromatic nitrogens is 2. The first-order valence-electron chi connectivity index (χ1n) is 4.08. The Bertz CT molecular complexity index is 442.